The third kappa shape index (κ3) is 5.90. The van der Waals surface area contributed by atoms with E-state index in [1.807, 2.05) is 24.3 Å². The fourth-order valence-corrected chi connectivity index (χ4v) is 4.38. The molecule has 0 aliphatic rings. The first-order valence-electron chi connectivity index (χ1n) is 8.14. The summed E-state index contributed by atoms with van der Waals surface area (Å²) in [4.78, 5) is 12.1. The summed E-state index contributed by atoms with van der Waals surface area (Å²) in [5.74, 6) is 0.456. The highest BCUT2D eigenvalue weighted by Gasteiger charge is 2.12. The predicted octanol–water partition coefficient (Wildman–Crippen LogP) is 2.67. The molecule has 0 radical (unpaired) electrons. The Morgan fingerprint density at radius 1 is 1.21 bits per heavy atom. The van der Waals surface area contributed by atoms with Crippen LogP contribution in [0.1, 0.15) is 0 Å². The van der Waals surface area contributed by atoms with E-state index in [1.54, 1.807) is 13.2 Å². The maximum absolute atomic E-state index is 12.1. The van der Waals surface area contributed by atoms with Crippen LogP contribution in [0.15, 0.2) is 57.8 Å². The van der Waals surface area contributed by atoms with Gasteiger partial charge in [-0.3, -0.25) is 4.79 Å². The summed E-state index contributed by atoms with van der Waals surface area (Å²) in [6, 6.07) is 13.2. The van der Waals surface area contributed by atoms with Crippen LogP contribution in [0.25, 0.3) is 0 Å². The third-order valence-corrected chi connectivity index (χ3v) is 6.41. The Labute approximate surface area is 175 Å². The van der Waals surface area contributed by atoms with Crippen molar-refractivity contribution >= 4 is 55.5 Å². The second-order valence-corrected chi connectivity index (χ2v) is 9.37. The molecule has 0 aliphatic carbocycles. The Morgan fingerprint density at radius 2 is 2.00 bits per heavy atom. The van der Waals surface area contributed by atoms with Crippen LogP contribution in [0, 0.1) is 0 Å². The van der Waals surface area contributed by atoms with Crippen molar-refractivity contribution in [3.8, 4) is 5.75 Å². The monoisotopic (exact) mass is 451 g/mol. The molecule has 2 aromatic carbocycles. The van der Waals surface area contributed by atoms with Crippen LogP contribution in [0.4, 0.5) is 16.5 Å². The quantitative estimate of drug-likeness (QED) is 0.445. The predicted molar refractivity (Wildman–Crippen MR) is 113 cm³/mol. The molecule has 0 saturated heterocycles. The van der Waals surface area contributed by atoms with Gasteiger partial charge < -0.3 is 15.4 Å². The van der Waals surface area contributed by atoms with Gasteiger partial charge in [0.05, 0.1) is 23.4 Å². The molecule has 0 bridgehead atoms. The fraction of sp³-hybridized carbons (Fsp3) is 0.118. The van der Waals surface area contributed by atoms with E-state index in [-0.39, 0.29) is 16.6 Å². The molecule has 0 atom stereocenters. The number of para-hydroxylation sites is 2. The Bertz CT molecular complexity index is 1120. The molecular formula is C17H17N5O4S3. The zero-order chi connectivity index (χ0) is 20.9. The minimum Gasteiger partial charge on any atom is -0.495 e. The lowest BCUT2D eigenvalue weighted by atomic mass is 10.3. The van der Waals surface area contributed by atoms with E-state index in [0.717, 1.165) is 5.69 Å². The van der Waals surface area contributed by atoms with Crippen LogP contribution >= 0.6 is 23.1 Å². The number of nitrogens with one attached hydrogen (secondary N) is 2. The number of primary sulfonamides is 1. The number of nitrogens with zero attached hydrogens (tertiary/aromatic N) is 2. The van der Waals surface area contributed by atoms with E-state index in [0.29, 0.717) is 20.9 Å². The first kappa shape index (κ1) is 21.0. The third-order valence-electron chi connectivity index (χ3n) is 3.53. The molecule has 9 nitrogen and oxygen atoms in total. The number of hydrogen-bond acceptors (Lipinski definition) is 9. The van der Waals surface area contributed by atoms with E-state index >= 15 is 0 Å². The molecule has 1 amide bonds. The minimum atomic E-state index is -3.83. The second-order valence-electron chi connectivity index (χ2n) is 5.61. The molecule has 1 heterocycles. The van der Waals surface area contributed by atoms with Gasteiger partial charge in [-0.25, -0.2) is 13.6 Å². The van der Waals surface area contributed by atoms with Gasteiger partial charge in [0.25, 0.3) is 0 Å². The molecular weight excluding hydrogens is 434 g/mol. The molecule has 29 heavy (non-hydrogen) atoms. The van der Waals surface area contributed by atoms with Crippen LogP contribution in [-0.2, 0) is 14.8 Å². The van der Waals surface area contributed by atoms with Crippen LogP contribution in [0.3, 0.4) is 0 Å². The highest BCUT2D eigenvalue weighted by molar-refractivity contribution is 8.01. The SMILES string of the molecule is COc1ccccc1Nc1nnc(SCC(=O)Nc2cccc(S(N)(=O)=O)c2)s1. The number of methoxy groups -OCH3 is 1. The average molecular weight is 452 g/mol. The number of anilines is 3. The number of nitrogens with two attached hydrogens (primary N) is 1. The number of ether oxygens (including phenoxy) is 1. The number of rotatable bonds is 8. The van der Waals surface area contributed by atoms with Gasteiger partial charge in [0, 0.05) is 5.69 Å². The van der Waals surface area contributed by atoms with Gasteiger partial charge in [0.15, 0.2) is 4.34 Å². The molecule has 0 spiro atoms. The maximum atomic E-state index is 12.1. The largest absolute Gasteiger partial charge is 0.495 e. The standard InChI is InChI=1S/C17H17N5O4S3/c1-26-14-8-3-2-7-13(14)20-16-21-22-17(28-16)27-10-15(23)19-11-5-4-6-12(9-11)29(18,24)25/h2-9H,10H2,1H3,(H,19,23)(H,20,21)(H2,18,24,25). The number of thioether (sulfide) groups is 1. The Hall–Kier alpha value is -2.67. The zero-order valence-electron chi connectivity index (χ0n) is 15.2. The fourth-order valence-electron chi connectivity index (χ4n) is 2.26. The molecule has 12 heteroatoms. The molecule has 3 aromatic rings. The Balaban J connectivity index is 1.56. The first-order valence-corrected chi connectivity index (χ1v) is 11.5. The molecule has 0 unspecified atom stereocenters. The molecule has 4 N–H and O–H groups in total. The number of sulfonamides is 1. The zero-order valence-corrected chi connectivity index (χ0v) is 17.6. The maximum Gasteiger partial charge on any atom is 0.238 e. The summed E-state index contributed by atoms with van der Waals surface area (Å²) in [6.45, 7) is 0. The van der Waals surface area contributed by atoms with Gasteiger partial charge in [0.1, 0.15) is 5.75 Å². The minimum absolute atomic E-state index is 0.0702. The van der Waals surface area contributed by atoms with Gasteiger partial charge in [-0.15, -0.1) is 10.2 Å². The van der Waals surface area contributed by atoms with Gasteiger partial charge in [-0.05, 0) is 30.3 Å². The number of benzene rings is 2. The Morgan fingerprint density at radius 3 is 2.76 bits per heavy atom. The van der Waals surface area contributed by atoms with Crippen molar-refractivity contribution in [2.24, 2.45) is 5.14 Å². The van der Waals surface area contributed by atoms with Crippen LogP contribution < -0.4 is 20.5 Å². The normalized spacial score (nSPS) is 11.1. The van der Waals surface area contributed by atoms with Crippen molar-refractivity contribution in [3.63, 3.8) is 0 Å². The van der Waals surface area contributed by atoms with Crippen molar-refractivity contribution in [3.05, 3.63) is 48.5 Å². The number of carbonyl (C=O) groups is 1. The van der Waals surface area contributed by atoms with Crippen LogP contribution in [0.5, 0.6) is 5.75 Å². The molecule has 0 saturated carbocycles. The molecule has 0 fully saturated rings. The van der Waals surface area contributed by atoms with E-state index < -0.39 is 10.0 Å². The molecule has 152 valence electrons. The topological polar surface area (TPSA) is 136 Å². The lowest BCUT2D eigenvalue weighted by Gasteiger charge is -2.07. The summed E-state index contributed by atoms with van der Waals surface area (Å²) in [7, 11) is -2.25. The van der Waals surface area contributed by atoms with E-state index in [1.165, 1.54) is 41.3 Å². The second kappa shape index (κ2) is 9.22. The Kier molecular flexibility index (Phi) is 6.69. The number of hydrogen-bond donors (Lipinski definition) is 3. The molecule has 3 rings (SSSR count). The van der Waals surface area contributed by atoms with E-state index in [2.05, 4.69) is 20.8 Å². The first-order chi connectivity index (χ1) is 13.8. The van der Waals surface area contributed by atoms with Gasteiger partial charge >= 0.3 is 0 Å². The number of carbonyl (C=O) groups excluding carboxylic acids is 1. The van der Waals surface area contributed by atoms with Crippen molar-refractivity contribution in [2.45, 2.75) is 9.24 Å². The summed E-state index contributed by atoms with van der Waals surface area (Å²) >= 11 is 2.52. The van der Waals surface area contributed by atoms with Crippen LogP contribution in [0.2, 0.25) is 0 Å². The lowest BCUT2D eigenvalue weighted by Crippen LogP contribution is -2.16. The molecule has 0 aliphatic heterocycles. The van der Waals surface area contributed by atoms with Crippen molar-refractivity contribution in [1.29, 1.82) is 0 Å². The highest BCUT2D eigenvalue weighted by Crippen LogP contribution is 2.31. The van der Waals surface area contributed by atoms with Gasteiger partial charge in [0.2, 0.25) is 21.1 Å². The van der Waals surface area contributed by atoms with Crippen molar-refractivity contribution in [1.82, 2.24) is 10.2 Å². The lowest BCUT2D eigenvalue weighted by molar-refractivity contribution is -0.113. The number of amides is 1. The van der Waals surface area contributed by atoms with Gasteiger partial charge in [-0.2, -0.15) is 0 Å². The van der Waals surface area contributed by atoms with Crippen molar-refractivity contribution < 1.29 is 17.9 Å². The highest BCUT2D eigenvalue weighted by atomic mass is 32.2. The smallest absolute Gasteiger partial charge is 0.238 e. The van der Waals surface area contributed by atoms with Crippen molar-refractivity contribution in [2.75, 3.05) is 23.5 Å². The van der Waals surface area contributed by atoms with E-state index in [4.69, 9.17) is 9.88 Å². The summed E-state index contributed by atoms with van der Waals surface area (Å²) in [6.07, 6.45) is 0. The number of aromatic nitrogens is 2. The molecule has 1 aromatic heterocycles. The summed E-state index contributed by atoms with van der Waals surface area (Å²) in [5.41, 5.74) is 1.10. The van der Waals surface area contributed by atoms with Gasteiger partial charge in [-0.1, -0.05) is 41.3 Å². The average Bonchev–Trinajstić information content (AvgIpc) is 3.14. The summed E-state index contributed by atoms with van der Waals surface area (Å²) in [5, 5.41) is 19.5. The van der Waals surface area contributed by atoms with Crippen LogP contribution in [-0.4, -0.2) is 37.4 Å². The summed E-state index contributed by atoms with van der Waals surface area (Å²) < 4.78 is 28.7. The van der Waals surface area contributed by atoms with E-state index in [9.17, 15) is 13.2 Å².